The fourth-order valence-corrected chi connectivity index (χ4v) is 2.20. The van der Waals surface area contributed by atoms with Gasteiger partial charge in [-0.2, -0.15) is 13.2 Å². The second-order valence-corrected chi connectivity index (χ2v) is 5.38. The van der Waals surface area contributed by atoms with Crippen LogP contribution in [0.1, 0.15) is 30.9 Å². The van der Waals surface area contributed by atoms with Crippen molar-refractivity contribution in [1.82, 2.24) is 0 Å². The summed E-state index contributed by atoms with van der Waals surface area (Å²) in [7, 11) is 0. The van der Waals surface area contributed by atoms with E-state index in [2.05, 4.69) is 11.8 Å². The molecule has 0 heterocycles. The van der Waals surface area contributed by atoms with Crippen LogP contribution in [0.3, 0.4) is 0 Å². The molecule has 1 saturated carbocycles. The van der Waals surface area contributed by atoms with Crippen LogP contribution in [0.25, 0.3) is 0 Å². The van der Waals surface area contributed by atoms with Crippen molar-refractivity contribution in [3.05, 3.63) is 29.3 Å². The number of thioether (sulfide) groups is 1. The zero-order chi connectivity index (χ0) is 13.2. The molecule has 0 aromatic heterocycles. The summed E-state index contributed by atoms with van der Waals surface area (Å²) in [5.74, 6) is 6.27. The van der Waals surface area contributed by atoms with Gasteiger partial charge in [0, 0.05) is 16.4 Å². The molecule has 0 bridgehead atoms. The molecule has 0 nitrogen and oxygen atoms in total. The minimum Gasteiger partial charge on any atom is -0.160 e. The summed E-state index contributed by atoms with van der Waals surface area (Å²) in [5.41, 5.74) is -2.87. The van der Waals surface area contributed by atoms with Crippen LogP contribution in [0.15, 0.2) is 23.1 Å². The zero-order valence-corrected chi connectivity index (χ0v) is 10.8. The monoisotopic (exact) mass is 270 g/mol. The molecule has 0 atom stereocenters. The molecule has 0 radical (unpaired) electrons. The second kappa shape index (κ2) is 5.27. The van der Waals surface area contributed by atoms with Gasteiger partial charge in [0.2, 0.25) is 0 Å². The minimum atomic E-state index is -4.26. The van der Waals surface area contributed by atoms with Crippen molar-refractivity contribution in [2.24, 2.45) is 5.92 Å². The molecule has 2 rings (SSSR count). The highest BCUT2D eigenvalue weighted by Crippen LogP contribution is 2.39. The van der Waals surface area contributed by atoms with Gasteiger partial charge in [-0.05, 0) is 48.7 Å². The molecule has 1 aliphatic carbocycles. The number of hydrogen-bond donors (Lipinski definition) is 0. The highest BCUT2D eigenvalue weighted by molar-refractivity contribution is 8.00. The molecule has 0 aliphatic heterocycles. The number of alkyl halides is 3. The molecule has 1 aromatic rings. The first kappa shape index (κ1) is 13.4. The van der Waals surface area contributed by atoms with Crippen LogP contribution >= 0.6 is 11.8 Å². The van der Waals surface area contributed by atoms with E-state index < -0.39 is 5.51 Å². The fraction of sp³-hybridized carbons (Fsp3) is 0.429. The van der Waals surface area contributed by atoms with E-state index in [0.29, 0.717) is 11.5 Å². The Morgan fingerprint density at radius 3 is 2.61 bits per heavy atom. The van der Waals surface area contributed by atoms with Crippen LogP contribution in [-0.4, -0.2) is 5.51 Å². The van der Waals surface area contributed by atoms with Crippen molar-refractivity contribution < 1.29 is 13.2 Å². The maximum absolute atomic E-state index is 12.5. The third-order valence-electron chi connectivity index (χ3n) is 2.67. The molecule has 1 fully saturated rings. The van der Waals surface area contributed by atoms with Crippen molar-refractivity contribution in [3.8, 4) is 11.8 Å². The van der Waals surface area contributed by atoms with Gasteiger partial charge in [0.05, 0.1) is 0 Å². The Kier molecular flexibility index (Phi) is 3.91. The van der Waals surface area contributed by atoms with Crippen molar-refractivity contribution in [3.63, 3.8) is 0 Å². The van der Waals surface area contributed by atoms with Crippen LogP contribution < -0.4 is 0 Å². The topological polar surface area (TPSA) is 0 Å². The molecule has 0 amide bonds. The summed E-state index contributed by atoms with van der Waals surface area (Å²) >= 11 is -0.0735. The van der Waals surface area contributed by atoms with E-state index >= 15 is 0 Å². The molecule has 18 heavy (non-hydrogen) atoms. The number of rotatable bonds is 2. The maximum atomic E-state index is 12.5. The van der Waals surface area contributed by atoms with Gasteiger partial charge in [0.15, 0.2) is 0 Å². The minimum absolute atomic E-state index is 0.0735. The molecule has 96 valence electrons. The van der Waals surface area contributed by atoms with Crippen LogP contribution in [0.4, 0.5) is 13.2 Å². The Labute approximate surface area is 109 Å². The van der Waals surface area contributed by atoms with E-state index in [4.69, 9.17) is 0 Å². The SMILES string of the molecule is CCc1ccc(C#CC2CC2)c(SC(F)(F)F)c1. The second-order valence-electron chi connectivity index (χ2n) is 4.28. The van der Waals surface area contributed by atoms with Crippen molar-refractivity contribution in [2.75, 3.05) is 0 Å². The van der Waals surface area contributed by atoms with Gasteiger partial charge >= 0.3 is 5.51 Å². The Bertz CT molecular complexity index is 490. The highest BCUT2D eigenvalue weighted by Gasteiger charge is 2.30. The summed E-state index contributed by atoms with van der Waals surface area (Å²) in [6.07, 6.45) is 2.87. The Hall–Kier alpha value is -1.08. The smallest absolute Gasteiger partial charge is 0.160 e. The molecule has 0 N–H and O–H groups in total. The number of aryl methyl sites for hydroxylation is 1. The van der Waals surface area contributed by atoms with Crippen LogP contribution in [0.5, 0.6) is 0 Å². The fourth-order valence-electron chi connectivity index (χ4n) is 1.51. The molecular formula is C14H13F3S. The maximum Gasteiger partial charge on any atom is 0.446 e. The molecule has 0 unspecified atom stereocenters. The van der Waals surface area contributed by atoms with Gasteiger partial charge in [0.25, 0.3) is 0 Å². The lowest BCUT2D eigenvalue weighted by Gasteiger charge is -2.09. The first-order valence-corrected chi connectivity index (χ1v) is 6.70. The Balaban J connectivity index is 2.29. The van der Waals surface area contributed by atoms with E-state index in [0.717, 1.165) is 24.8 Å². The van der Waals surface area contributed by atoms with Crippen molar-refractivity contribution >= 4 is 11.8 Å². The van der Waals surface area contributed by atoms with E-state index in [1.807, 2.05) is 13.0 Å². The average molecular weight is 270 g/mol. The molecule has 4 heteroatoms. The molecular weight excluding hydrogens is 257 g/mol. The van der Waals surface area contributed by atoms with Crippen molar-refractivity contribution in [1.29, 1.82) is 0 Å². The zero-order valence-electron chi connectivity index (χ0n) is 9.97. The number of benzene rings is 1. The van der Waals surface area contributed by atoms with Crippen LogP contribution in [0.2, 0.25) is 0 Å². The standard InChI is InChI=1S/C14H13F3S/c1-2-10-5-7-12(8-6-11-3-4-11)13(9-10)18-14(15,16)17/h5,7,9,11H,2-4H2,1H3. The molecule has 0 spiro atoms. The lowest BCUT2D eigenvalue weighted by Crippen LogP contribution is -2.00. The van der Waals surface area contributed by atoms with E-state index in [1.54, 1.807) is 12.1 Å². The molecule has 0 saturated heterocycles. The third-order valence-corrected chi connectivity index (χ3v) is 3.46. The summed E-state index contributed by atoms with van der Waals surface area (Å²) in [4.78, 5) is 0.218. The largest absolute Gasteiger partial charge is 0.446 e. The van der Waals surface area contributed by atoms with Gasteiger partial charge in [-0.25, -0.2) is 0 Å². The summed E-state index contributed by atoms with van der Waals surface area (Å²) in [6.45, 7) is 1.92. The van der Waals surface area contributed by atoms with Gasteiger partial charge in [-0.1, -0.05) is 24.8 Å². The summed E-state index contributed by atoms with van der Waals surface area (Å²) < 4.78 is 37.4. The lowest BCUT2D eigenvalue weighted by atomic mass is 10.1. The molecule has 1 aromatic carbocycles. The van der Waals surface area contributed by atoms with E-state index in [9.17, 15) is 13.2 Å². The number of hydrogen-bond acceptors (Lipinski definition) is 1. The predicted octanol–water partition coefficient (Wildman–Crippen LogP) is 4.62. The van der Waals surface area contributed by atoms with Gasteiger partial charge in [-0.15, -0.1) is 0 Å². The first-order chi connectivity index (χ1) is 8.48. The predicted molar refractivity (Wildman–Crippen MR) is 67.3 cm³/mol. The van der Waals surface area contributed by atoms with Gasteiger partial charge in [0.1, 0.15) is 0 Å². The van der Waals surface area contributed by atoms with Crippen LogP contribution in [0, 0.1) is 17.8 Å². The average Bonchev–Trinajstić information content (AvgIpc) is 3.09. The first-order valence-electron chi connectivity index (χ1n) is 5.88. The number of halogens is 3. The summed E-state index contributed by atoms with van der Waals surface area (Å²) in [5, 5.41) is 0. The van der Waals surface area contributed by atoms with Gasteiger partial charge in [-0.3, -0.25) is 0 Å². The molecule has 1 aliphatic rings. The highest BCUT2D eigenvalue weighted by atomic mass is 32.2. The Morgan fingerprint density at radius 1 is 1.33 bits per heavy atom. The van der Waals surface area contributed by atoms with Crippen LogP contribution in [-0.2, 0) is 6.42 Å². The Morgan fingerprint density at radius 2 is 2.06 bits per heavy atom. The van der Waals surface area contributed by atoms with E-state index in [1.165, 1.54) is 0 Å². The normalized spacial score (nSPS) is 15.1. The third kappa shape index (κ3) is 3.99. The van der Waals surface area contributed by atoms with Gasteiger partial charge < -0.3 is 0 Å². The lowest BCUT2D eigenvalue weighted by molar-refractivity contribution is -0.0328. The van der Waals surface area contributed by atoms with Crippen molar-refractivity contribution in [2.45, 2.75) is 36.6 Å². The summed E-state index contributed by atoms with van der Waals surface area (Å²) in [6, 6.07) is 5.13. The quantitative estimate of drug-likeness (QED) is 0.558. The van der Waals surface area contributed by atoms with E-state index in [-0.39, 0.29) is 16.7 Å².